The van der Waals surface area contributed by atoms with Crippen molar-refractivity contribution in [2.75, 3.05) is 56.5 Å². The van der Waals surface area contributed by atoms with Gasteiger partial charge in [0.2, 0.25) is 5.56 Å². The predicted molar refractivity (Wildman–Crippen MR) is 155 cm³/mol. The van der Waals surface area contributed by atoms with Crippen LogP contribution in [0.1, 0.15) is 41.3 Å². The number of nitrogens with zero attached hydrogens (tertiary/aromatic N) is 3. The maximum absolute atomic E-state index is 15.2. The van der Waals surface area contributed by atoms with E-state index in [1.165, 1.54) is 6.07 Å². The van der Waals surface area contributed by atoms with Gasteiger partial charge < -0.3 is 20.1 Å². The van der Waals surface area contributed by atoms with Crippen molar-refractivity contribution in [1.29, 1.82) is 0 Å². The molecule has 2 N–H and O–H groups in total. The summed E-state index contributed by atoms with van der Waals surface area (Å²) in [5, 5.41) is 2.63. The van der Waals surface area contributed by atoms with Crippen LogP contribution in [0.3, 0.4) is 0 Å². The van der Waals surface area contributed by atoms with Gasteiger partial charge in [-0.25, -0.2) is 4.39 Å². The van der Waals surface area contributed by atoms with Gasteiger partial charge in [0, 0.05) is 57.1 Å². The van der Waals surface area contributed by atoms with Crippen molar-refractivity contribution in [3.8, 4) is 11.1 Å². The van der Waals surface area contributed by atoms with Crippen LogP contribution in [0.2, 0.25) is 0 Å². The highest BCUT2D eigenvalue weighted by Crippen LogP contribution is 2.36. The van der Waals surface area contributed by atoms with Gasteiger partial charge in [0.05, 0.1) is 22.5 Å². The van der Waals surface area contributed by atoms with Gasteiger partial charge in [0.1, 0.15) is 5.82 Å². The summed E-state index contributed by atoms with van der Waals surface area (Å²) in [7, 11) is 2.00. The maximum Gasteiger partial charge on any atom is 0.417 e. The van der Waals surface area contributed by atoms with Crippen molar-refractivity contribution >= 4 is 17.3 Å². The van der Waals surface area contributed by atoms with Gasteiger partial charge in [-0.3, -0.25) is 14.5 Å². The Bertz CT molecular complexity index is 1500. The normalized spacial score (nSPS) is 18.4. The highest BCUT2D eigenvalue weighted by atomic mass is 19.4. The monoisotopic (exact) mass is 585 g/mol. The zero-order chi connectivity index (χ0) is 30.0. The van der Waals surface area contributed by atoms with E-state index < -0.39 is 34.6 Å². The lowest BCUT2D eigenvalue weighted by molar-refractivity contribution is -0.138. The molecule has 0 spiro atoms. The van der Waals surface area contributed by atoms with Crippen LogP contribution in [-0.2, 0) is 12.7 Å². The molecule has 0 unspecified atom stereocenters. The van der Waals surface area contributed by atoms with Gasteiger partial charge in [-0.2, -0.15) is 13.2 Å². The molecule has 11 heteroatoms. The number of alkyl halides is 3. The number of nitrogens with one attached hydrogen (secondary N) is 2. The third-order valence-electron chi connectivity index (χ3n) is 8.26. The Morgan fingerprint density at radius 2 is 1.81 bits per heavy atom. The summed E-state index contributed by atoms with van der Waals surface area (Å²) in [6.07, 6.45) is -1.86. The molecule has 1 atom stereocenters. The standard InChI is InChI=1S/C31H35F4N5O2/c1-3-20-8-9-39(18-20)19-21-4-6-26(32)23(14-21)22-5-7-28(40-12-10-38(2)11-13-40)27(15-22)37-30(42)24-17-36-29(41)16-25(24)31(33,34)35/h4-7,14-17,20H,3,8-13,18-19H2,1-2H3,(H,36,41)(H,37,42)/t20-/m1/s1. The van der Waals surface area contributed by atoms with E-state index in [9.17, 15) is 22.8 Å². The number of amides is 1. The summed E-state index contributed by atoms with van der Waals surface area (Å²) in [5.74, 6) is -0.797. The number of hydrogen-bond acceptors (Lipinski definition) is 5. The van der Waals surface area contributed by atoms with E-state index >= 15 is 4.39 Å². The van der Waals surface area contributed by atoms with Crippen molar-refractivity contribution in [2.45, 2.75) is 32.5 Å². The molecular weight excluding hydrogens is 550 g/mol. The fourth-order valence-corrected chi connectivity index (χ4v) is 5.75. The molecule has 2 saturated heterocycles. The summed E-state index contributed by atoms with van der Waals surface area (Å²) in [6.45, 7) is 7.69. The second-order valence-corrected chi connectivity index (χ2v) is 11.2. The lowest BCUT2D eigenvalue weighted by Gasteiger charge is -2.35. The summed E-state index contributed by atoms with van der Waals surface area (Å²) in [4.78, 5) is 33.6. The van der Waals surface area contributed by atoms with E-state index in [-0.39, 0.29) is 5.69 Å². The van der Waals surface area contributed by atoms with Crippen LogP contribution in [0, 0.1) is 11.7 Å². The summed E-state index contributed by atoms with van der Waals surface area (Å²) < 4.78 is 56.3. The van der Waals surface area contributed by atoms with Crippen molar-refractivity contribution < 1.29 is 22.4 Å². The summed E-state index contributed by atoms with van der Waals surface area (Å²) in [6, 6.07) is 10.5. The molecule has 2 aliphatic heterocycles. The Labute approximate surface area is 242 Å². The third-order valence-corrected chi connectivity index (χ3v) is 8.26. The van der Waals surface area contributed by atoms with Gasteiger partial charge >= 0.3 is 6.18 Å². The minimum atomic E-state index is -4.90. The molecule has 3 heterocycles. The number of likely N-dealkylation sites (N-methyl/N-ethyl adjacent to an activating group) is 1. The van der Waals surface area contributed by atoms with Crippen LogP contribution in [0.15, 0.2) is 53.5 Å². The first kappa shape index (κ1) is 29.8. The number of H-pyrrole nitrogens is 1. The molecule has 1 amide bonds. The molecular formula is C31H35F4N5O2. The van der Waals surface area contributed by atoms with E-state index in [0.29, 0.717) is 48.4 Å². The smallest absolute Gasteiger partial charge is 0.367 e. The van der Waals surface area contributed by atoms with Crippen molar-refractivity contribution in [3.63, 3.8) is 0 Å². The molecule has 2 aromatic carbocycles. The Hall–Kier alpha value is -3.70. The number of halogens is 4. The Morgan fingerprint density at radius 3 is 2.50 bits per heavy atom. The van der Waals surface area contributed by atoms with Crippen molar-refractivity contribution in [2.24, 2.45) is 5.92 Å². The van der Waals surface area contributed by atoms with Gasteiger partial charge in [0.25, 0.3) is 5.91 Å². The predicted octanol–water partition coefficient (Wildman–Crippen LogP) is 5.44. The molecule has 2 fully saturated rings. The van der Waals surface area contributed by atoms with E-state index in [0.717, 1.165) is 50.8 Å². The molecule has 0 radical (unpaired) electrons. The van der Waals surface area contributed by atoms with Crippen molar-refractivity contribution in [1.82, 2.24) is 14.8 Å². The first-order valence-corrected chi connectivity index (χ1v) is 14.2. The minimum Gasteiger partial charge on any atom is -0.367 e. The maximum atomic E-state index is 15.2. The van der Waals surface area contributed by atoms with E-state index in [1.54, 1.807) is 30.3 Å². The summed E-state index contributed by atoms with van der Waals surface area (Å²) in [5.41, 5.74) is -0.317. The second-order valence-electron chi connectivity index (χ2n) is 11.2. The number of rotatable bonds is 7. The Balaban J connectivity index is 1.50. The zero-order valence-electron chi connectivity index (χ0n) is 23.7. The number of piperazine rings is 1. The molecule has 0 saturated carbocycles. The lowest BCUT2D eigenvalue weighted by Crippen LogP contribution is -2.44. The third kappa shape index (κ3) is 6.68. The topological polar surface area (TPSA) is 71.7 Å². The summed E-state index contributed by atoms with van der Waals surface area (Å²) >= 11 is 0. The lowest BCUT2D eigenvalue weighted by atomic mass is 10.00. The molecule has 0 aliphatic carbocycles. The average Bonchev–Trinajstić information content (AvgIpc) is 3.41. The van der Waals surface area contributed by atoms with Crippen LogP contribution >= 0.6 is 0 Å². The molecule has 2 aliphatic rings. The Kier molecular flexibility index (Phi) is 8.70. The first-order valence-electron chi connectivity index (χ1n) is 14.2. The number of anilines is 2. The molecule has 224 valence electrons. The van der Waals surface area contributed by atoms with E-state index in [4.69, 9.17) is 0 Å². The number of aromatic nitrogens is 1. The van der Waals surface area contributed by atoms with E-state index in [1.807, 2.05) is 11.9 Å². The van der Waals surface area contributed by atoms with E-state index in [2.05, 4.69) is 27.0 Å². The average molecular weight is 586 g/mol. The quantitative estimate of drug-likeness (QED) is 0.362. The first-order chi connectivity index (χ1) is 20.0. The molecule has 3 aromatic rings. The number of benzene rings is 2. The highest BCUT2D eigenvalue weighted by Gasteiger charge is 2.36. The molecule has 1 aromatic heterocycles. The number of likely N-dealkylation sites (tertiary alicyclic amines) is 1. The van der Waals surface area contributed by atoms with Crippen molar-refractivity contribution in [3.05, 3.63) is 81.5 Å². The molecule has 0 bridgehead atoms. The number of pyridine rings is 1. The second kappa shape index (κ2) is 12.3. The van der Waals surface area contributed by atoms with Crippen LogP contribution in [-0.4, -0.2) is 67.0 Å². The largest absolute Gasteiger partial charge is 0.417 e. The molecule has 7 nitrogen and oxygen atoms in total. The number of carbonyl (C=O) groups is 1. The van der Waals surface area contributed by atoms with Crippen LogP contribution in [0.25, 0.3) is 11.1 Å². The number of carbonyl (C=O) groups excluding carboxylic acids is 1. The van der Waals surface area contributed by atoms with Gasteiger partial charge in [-0.15, -0.1) is 0 Å². The van der Waals surface area contributed by atoms with Crippen LogP contribution in [0.4, 0.5) is 28.9 Å². The highest BCUT2D eigenvalue weighted by molar-refractivity contribution is 6.07. The SMILES string of the molecule is CC[C@@H]1CCN(Cc2ccc(F)c(-c3ccc(N4CCN(C)CC4)c(NC(=O)c4c[nH]c(=O)cc4C(F)(F)F)c3)c2)C1. The number of aromatic amines is 1. The van der Waals surface area contributed by atoms with Crippen LogP contribution in [0.5, 0.6) is 0 Å². The number of hydrogen-bond donors (Lipinski definition) is 2. The van der Waals surface area contributed by atoms with Gasteiger partial charge in [-0.05, 0) is 61.3 Å². The molecule has 42 heavy (non-hydrogen) atoms. The fraction of sp³-hybridized carbons (Fsp3) is 0.419. The van der Waals surface area contributed by atoms with Crippen LogP contribution < -0.4 is 15.8 Å². The molecule has 5 rings (SSSR count). The minimum absolute atomic E-state index is 0.261. The van der Waals surface area contributed by atoms with Gasteiger partial charge in [0.15, 0.2) is 0 Å². The van der Waals surface area contributed by atoms with Gasteiger partial charge in [-0.1, -0.05) is 25.5 Å². The fourth-order valence-electron chi connectivity index (χ4n) is 5.75. The zero-order valence-corrected chi connectivity index (χ0v) is 23.7. The Morgan fingerprint density at radius 1 is 1.05 bits per heavy atom.